The standard InChI is InChI=1S/C15H16N6O2S/c1-20-13-9(6-17-20)14(23)21(8-16-13)7-12(22)19-15-18-10-4-2-3-5-11(10)24-15/h6,8H,2-5,7H2,1H3,(H,18,19,22). The predicted molar refractivity (Wildman–Crippen MR) is 90.2 cm³/mol. The van der Waals surface area contributed by atoms with Crippen LogP contribution in [-0.4, -0.2) is 30.2 Å². The molecule has 0 aliphatic heterocycles. The van der Waals surface area contributed by atoms with Crippen molar-refractivity contribution in [2.24, 2.45) is 7.05 Å². The van der Waals surface area contributed by atoms with E-state index in [0.717, 1.165) is 25.0 Å². The molecule has 3 heterocycles. The summed E-state index contributed by atoms with van der Waals surface area (Å²) in [5, 5.41) is 7.81. The van der Waals surface area contributed by atoms with Crippen LogP contribution in [0.25, 0.3) is 11.0 Å². The van der Waals surface area contributed by atoms with Gasteiger partial charge < -0.3 is 5.32 Å². The van der Waals surface area contributed by atoms with Crippen LogP contribution >= 0.6 is 11.3 Å². The summed E-state index contributed by atoms with van der Waals surface area (Å²) in [5.41, 5.74) is 1.32. The van der Waals surface area contributed by atoms with E-state index in [9.17, 15) is 9.59 Å². The van der Waals surface area contributed by atoms with Crippen LogP contribution in [0.4, 0.5) is 5.13 Å². The highest BCUT2D eigenvalue weighted by Crippen LogP contribution is 2.29. The number of fused-ring (bicyclic) bond motifs is 2. The van der Waals surface area contributed by atoms with Gasteiger partial charge in [0.05, 0.1) is 11.9 Å². The highest BCUT2D eigenvalue weighted by molar-refractivity contribution is 7.15. The molecule has 3 aromatic heterocycles. The van der Waals surface area contributed by atoms with Crippen LogP contribution in [0.15, 0.2) is 17.3 Å². The number of nitrogens with zero attached hydrogens (tertiary/aromatic N) is 5. The number of aromatic nitrogens is 5. The lowest BCUT2D eigenvalue weighted by atomic mass is 10.0. The minimum absolute atomic E-state index is 0.0963. The largest absolute Gasteiger partial charge is 0.300 e. The Morgan fingerprint density at radius 1 is 1.38 bits per heavy atom. The summed E-state index contributed by atoms with van der Waals surface area (Å²) < 4.78 is 2.81. The number of carbonyl (C=O) groups is 1. The summed E-state index contributed by atoms with van der Waals surface area (Å²) in [5.74, 6) is -0.284. The lowest BCUT2D eigenvalue weighted by Gasteiger charge is -2.06. The Morgan fingerprint density at radius 2 is 2.21 bits per heavy atom. The minimum Gasteiger partial charge on any atom is -0.300 e. The number of rotatable bonds is 3. The molecule has 1 aliphatic rings. The third-order valence-electron chi connectivity index (χ3n) is 4.12. The molecule has 0 saturated carbocycles. The Morgan fingerprint density at radius 3 is 3.04 bits per heavy atom. The zero-order valence-electron chi connectivity index (χ0n) is 13.2. The summed E-state index contributed by atoms with van der Waals surface area (Å²) in [6.07, 6.45) is 7.17. The van der Waals surface area contributed by atoms with Crippen LogP contribution in [0.3, 0.4) is 0 Å². The molecule has 0 saturated heterocycles. The van der Waals surface area contributed by atoms with E-state index in [4.69, 9.17) is 0 Å². The fourth-order valence-corrected chi connectivity index (χ4v) is 3.96. The number of hydrogen-bond acceptors (Lipinski definition) is 6. The molecule has 0 radical (unpaired) electrons. The zero-order valence-corrected chi connectivity index (χ0v) is 14.0. The van der Waals surface area contributed by atoms with E-state index in [1.165, 1.54) is 44.4 Å². The Labute approximate surface area is 141 Å². The third kappa shape index (κ3) is 2.60. The van der Waals surface area contributed by atoms with Gasteiger partial charge in [-0.25, -0.2) is 9.97 Å². The first-order valence-electron chi connectivity index (χ1n) is 7.77. The number of hydrogen-bond donors (Lipinski definition) is 1. The molecule has 24 heavy (non-hydrogen) atoms. The van der Waals surface area contributed by atoms with Gasteiger partial charge in [0.1, 0.15) is 18.3 Å². The maximum atomic E-state index is 12.4. The quantitative estimate of drug-likeness (QED) is 0.768. The highest BCUT2D eigenvalue weighted by Gasteiger charge is 2.17. The smallest absolute Gasteiger partial charge is 0.264 e. The van der Waals surface area contributed by atoms with Crippen molar-refractivity contribution in [3.05, 3.63) is 33.4 Å². The average molecular weight is 344 g/mol. The summed E-state index contributed by atoms with van der Waals surface area (Å²) in [6, 6.07) is 0. The van der Waals surface area contributed by atoms with Crippen molar-refractivity contribution in [3.63, 3.8) is 0 Å². The third-order valence-corrected chi connectivity index (χ3v) is 5.20. The highest BCUT2D eigenvalue weighted by atomic mass is 32.1. The fourth-order valence-electron chi connectivity index (χ4n) is 2.90. The van der Waals surface area contributed by atoms with Crippen LogP contribution in [0.2, 0.25) is 0 Å². The molecule has 9 heteroatoms. The Hall–Kier alpha value is -2.55. The van der Waals surface area contributed by atoms with Gasteiger partial charge in [-0.05, 0) is 25.7 Å². The van der Waals surface area contributed by atoms with Crippen LogP contribution in [-0.2, 0) is 31.2 Å². The first-order valence-corrected chi connectivity index (χ1v) is 8.59. The number of anilines is 1. The number of nitrogens with one attached hydrogen (secondary N) is 1. The van der Waals surface area contributed by atoms with Crippen molar-refractivity contribution in [2.75, 3.05) is 5.32 Å². The molecular weight excluding hydrogens is 328 g/mol. The maximum Gasteiger partial charge on any atom is 0.264 e. The van der Waals surface area contributed by atoms with Crippen molar-refractivity contribution in [1.82, 2.24) is 24.3 Å². The number of aryl methyl sites for hydroxylation is 3. The van der Waals surface area contributed by atoms with E-state index < -0.39 is 0 Å². The van der Waals surface area contributed by atoms with Gasteiger partial charge in [0.25, 0.3) is 5.56 Å². The summed E-state index contributed by atoms with van der Waals surface area (Å²) in [4.78, 5) is 34.5. The molecule has 1 amide bonds. The number of carbonyl (C=O) groups excluding carboxylic acids is 1. The topological polar surface area (TPSA) is 94.7 Å². The second-order valence-electron chi connectivity index (χ2n) is 5.83. The second kappa shape index (κ2) is 5.82. The minimum atomic E-state index is -0.284. The van der Waals surface area contributed by atoms with Crippen molar-refractivity contribution < 1.29 is 4.79 Å². The van der Waals surface area contributed by atoms with Gasteiger partial charge in [-0.15, -0.1) is 11.3 Å². The van der Waals surface area contributed by atoms with E-state index >= 15 is 0 Å². The molecule has 0 spiro atoms. The maximum absolute atomic E-state index is 12.4. The van der Waals surface area contributed by atoms with Crippen LogP contribution in [0.5, 0.6) is 0 Å². The van der Waals surface area contributed by atoms with Crippen LogP contribution in [0, 0.1) is 0 Å². The molecule has 1 aliphatic carbocycles. The van der Waals surface area contributed by atoms with Crippen LogP contribution in [0.1, 0.15) is 23.4 Å². The molecule has 0 unspecified atom stereocenters. The molecule has 0 atom stereocenters. The molecule has 8 nitrogen and oxygen atoms in total. The van der Waals surface area contributed by atoms with Crippen molar-refractivity contribution in [3.8, 4) is 0 Å². The first kappa shape index (κ1) is 15.0. The average Bonchev–Trinajstić information content (AvgIpc) is 3.13. The molecule has 1 N–H and O–H groups in total. The van der Waals surface area contributed by atoms with Crippen molar-refractivity contribution >= 4 is 33.4 Å². The molecule has 0 bridgehead atoms. The molecule has 0 fully saturated rings. The Kier molecular flexibility index (Phi) is 3.64. The lowest BCUT2D eigenvalue weighted by Crippen LogP contribution is -2.27. The monoisotopic (exact) mass is 344 g/mol. The van der Waals surface area contributed by atoms with E-state index in [-0.39, 0.29) is 18.0 Å². The van der Waals surface area contributed by atoms with Gasteiger partial charge >= 0.3 is 0 Å². The van der Waals surface area contributed by atoms with Crippen molar-refractivity contribution in [1.29, 1.82) is 0 Å². The van der Waals surface area contributed by atoms with E-state index in [2.05, 4.69) is 20.4 Å². The lowest BCUT2D eigenvalue weighted by molar-refractivity contribution is -0.116. The van der Waals surface area contributed by atoms with Crippen LogP contribution < -0.4 is 10.9 Å². The molecule has 4 rings (SSSR count). The normalized spacial score (nSPS) is 13.9. The zero-order chi connectivity index (χ0) is 16.7. The van der Waals surface area contributed by atoms with Crippen molar-refractivity contribution in [2.45, 2.75) is 32.2 Å². The first-order chi connectivity index (χ1) is 11.6. The SMILES string of the molecule is Cn1ncc2c(=O)n(CC(=O)Nc3nc4c(s3)CCCC4)cnc21. The molecular formula is C15H16N6O2S. The predicted octanol–water partition coefficient (Wildman–Crippen LogP) is 1.10. The van der Waals surface area contributed by atoms with Gasteiger partial charge in [0.2, 0.25) is 5.91 Å². The van der Waals surface area contributed by atoms with E-state index in [1.807, 2.05) is 0 Å². The number of thiazole rings is 1. The van der Waals surface area contributed by atoms with Gasteiger partial charge in [-0.1, -0.05) is 0 Å². The van der Waals surface area contributed by atoms with Gasteiger partial charge in [0.15, 0.2) is 10.8 Å². The molecule has 0 aromatic carbocycles. The van der Waals surface area contributed by atoms with Gasteiger partial charge in [-0.3, -0.25) is 18.8 Å². The number of amides is 1. The fraction of sp³-hybridized carbons (Fsp3) is 0.400. The summed E-state index contributed by atoms with van der Waals surface area (Å²) in [7, 11) is 1.72. The molecule has 124 valence electrons. The summed E-state index contributed by atoms with van der Waals surface area (Å²) >= 11 is 1.52. The summed E-state index contributed by atoms with van der Waals surface area (Å²) in [6.45, 7) is -0.0963. The molecule has 3 aromatic rings. The van der Waals surface area contributed by atoms with Gasteiger partial charge in [0, 0.05) is 11.9 Å². The van der Waals surface area contributed by atoms with E-state index in [1.54, 1.807) is 7.05 Å². The Balaban J connectivity index is 1.53. The van der Waals surface area contributed by atoms with Gasteiger partial charge in [-0.2, -0.15) is 5.10 Å². The Bertz CT molecular complexity index is 962. The second-order valence-corrected chi connectivity index (χ2v) is 6.91. The van der Waals surface area contributed by atoms with E-state index in [0.29, 0.717) is 16.2 Å².